The predicted molar refractivity (Wildman–Crippen MR) is 118 cm³/mol. The van der Waals surface area contributed by atoms with Crippen molar-refractivity contribution in [1.29, 1.82) is 0 Å². The molecule has 0 fully saturated rings. The molecule has 0 bridgehead atoms. The Hall–Kier alpha value is -3.87. The van der Waals surface area contributed by atoms with Gasteiger partial charge in [-0.1, -0.05) is 54.6 Å². The number of hydrogen-bond acceptors (Lipinski definition) is 4. The molecule has 0 saturated heterocycles. The van der Waals surface area contributed by atoms with Gasteiger partial charge < -0.3 is 20.3 Å². The summed E-state index contributed by atoms with van der Waals surface area (Å²) >= 11 is 0. The Morgan fingerprint density at radius 1 is 1.00 bits per heavy atom. The second kappa shape index (κ2) is 8.87. The van der Waals surface area contributed by atoms with Gasteiger partial charge in [-0.3, -0.25) is 14.4 Å². The van der Waals surface area contributed by atoms with Crippen molar-refractivity contribution in [2.45, 2.75) is 12.5 Å². The summed E-state index contributed by atoms with van der Waals surface area (Å²) in [7, 11) is 1.52. The first-order chi connectivity index (χ1) is 15.1. The van der Waals surface area contributed by atoms with Crippen LogP contribution in [0.15, 0.2) is 66.7 Å². The third kappa shape index (κ3) is 4.35. The lowest BCUT2D eigenvalue weighted by atomic mass is 10.0. The van der Waals surface area contributed by atoms with Crippen molar-refractivity contribution in [2.24, 2.45) is 0 Å². The van der Waals surface area contributed by atoms with E-state index >= 15 is 0 Å². The lowest BCUT2D eigenvalue weighted by Gasteiger charge is -2.34. The summed E-state index contributed by atoms with van der Waals surface area (Å²) in [5, 5.41) is 7.34. The highest BCUT2D eigenvalue weighted by atomic mass is 16.5. The van der Waals surface area contributed by atoms with Crippen molar-refractivity contribution in [1.82, 2.24) is 10.6 Å². The molecule has 1 heterocycles. The zero-order chi connectivity index (χ0) is 21.8. The van der Waals surface area contributed by atoms with Crippen LogP contribution in [-0.4, -0.2) is 44.0 Å². The largest absolute Gasteiger partial charge is 0.477 e. The highest BCUT2D eigenvalue weighted by Gasteiger charge is 2.33. The van der Waals surface area contributed by atoms with E-state index in [-0.39, 0.29) is 37.2 Å². The van der Waals surface area contributed by atoms with E-state index < -0.39 is 6.10 Å². The Morgan fingerprint density at radius 3 is 2.58 bits per heavy atom. The lowest BCUT2D eigenvalue weighted by Crippen LogP contribution is -2.52. The highest BCUT2D eigenvalue weighted by Crippen LogP contribution is 2.33. The lowest BCUT2D eigenvalue weighted by molar-refractivity contribution is -0.128. The third-order valence-corrected chi connectivity index (χ3v) is 5.28. The molecule has 3 amide bonds. The van der Waals surface area contributed by atoms with Gasteiger partial charge in [0.05, 0.1) is 25.2 Å². The number of nitrogens with one attached hydrogen (secondary N) is 2. The van der Waals surface area contributed by atoms with E-state index in [1.54, 1.807) is 24.3 Å². The number of benzene rings is 3. The average molecular weight is 417 g/mol. The fraction of sp³-hybridized carbons (Fsp3) is 0.208. The van der Waals surface area contributed by atoms with Crippen molar-refractivity contribution in [3.8, 4) is 5.75 Å². The quantitative estimate of drug-likeness (QED) is 0.665. The number of rotatable bonds is 5. The molecule has 1 aliphatic heterocycles. The van der Waals surface area contributed by atoms with E-state index in [0.29, 0.717) is 11.4 Å². The Bertz CT molecular complexity index is 1140. The van der Waals surface area contributed by atoms with Crippen molar-refractivity contribution < 1.29 is 19.1 Å². The van der Waals surface area contributed by atoms with Crippen LogP contribution in [0.4, 0.5) is 5.69 Å². The Kier molecular flexibility index (Phi) is 5.84. The number of hydrogen-bond donors (Lipinski definition) is 2. The highest BCUT2D eigenvalue weighted by molar-refractivity contribution is 6.00. The van der Waals surface area contributed by atoms with Crippen LogP contribution in [-0.2, 0) is 20.8 Å². The van der Waals surface area contributed by atoms with E-state index in [1.807, 2.05) is 42.5 Å². The van der Waals surface area contributed by atoms with Crippen LogP contribution >= 0.6 is 0 Å². The van der Waals surface area contributed by atoms with Crippen molar-refractivity contribution >= 4 is 34.2 Å². The summed E-state index contributed by atoms with van der Waals surface area (Å²) in [5.41, 5.74) is 1.48. The monoisotopic (exact) mass is 417 g/mol. The average Bonchev–Trinajstić information content (AvgIpc) is 2.81. The molecule has 7 heteroatoms. The van der Waals surface area contributed by atoms with Gasteiger partial charge in [0.2, 0.25) is 11.8 Å². The fourth-order valence-corrected chi connectivity index (χ4v) is 3.72. The van der Waals surface area contributed by atoms with E-state index in [2.05, 4.69) is 10.6 Å². The number of carbonyl (C=O) groups excluding carboxylic acids is 3. The van der Waals surface area contributed by atoms with Crippen molar-refractivity contribution in [3.05, 3.63) is 72.3 Å². The topological polar surface area (TPSA) is 87.7 Å². The van der Waals surface area contributed by atoms with Gasteiger partial charge >= 0.3 is 0 Å². The number of carbonyl (C=O) groups is 3. The minimum atomic E-state index is -0.810. The van der Waals surface area contributed by atoms with Crippen molar-refractivity contribution in [2.75, 3.05) is 25.0 Å². The first-order valence-electron chi connectivity index (χ1n) is 10.1. The molecule has 3 aromatic rings. The minimum absolute atomic E-state index is 0.0781. The maximum absolute atomic E-state index is 12.9. The second-order valence-corrected chi connectivity index (χ2v) is 7.28. The molecule has 0 unspecified atom stereocenters. The molecule has 158 valence electrons. The zero-order valence-electron chi connectivity index (χ0n) is 17.1. The van der Waals surface area contributed by atoms with Crippen LogP contribution < -0.4 is 20.3 Å². The molecule has 0 spiro atoms. The zero-order valence-corrected chi connectivity index (χ0v) is 17.1. The maximum Gasteiger partial charge on any atom is 0.262 e. The standard InChI is InChI=1S/C24H23N3O4/c1-25-24(30)21-15-27(19-11-4-5-12-20(19)31-21)23(29)14-26-22(28)13-17-9-6-8-16-7-2-3-10-18(16)17/h2-12,21H,13-15H2,1H3,(H,25,30)(H,26,28)/t21-/m0/s1. The van der Waals surface area contributed by atoms with Gasteiger partial charge in [0.15, 0.2) is 6.10 Å². The van der Waals surface area contributed by atoms with Gasteiger partial charge in [-0.2, -0.15) is 0 Å². The Labute approximate surface area is 180 Å². The third-order valence-electron chi connectivity index (χ3n) is 5.28. The summed E-state index contributed by atoms with van der Waals surface area (Å²) in [6, 6.07) is 20.7. The molecule has 0 saturated carbocycles. The molecule has 0 aliphatic carbocycles. The number of nitrogens with zero attached hydrogens (tertiary/aromatic N) is 1. The Balaban J connectivity index is 1.44. The van der Waals surface area contributed by atoms with Crippen LogP contribution in [0.2, 0.25) is 0 Å². The van der Waals surface area contributed by atoms with E-state index in [4.69, 9.17) is 4.74 Å². The predicted octanol–water partition coefficient (Wildman–Crippen LogP) is 2.04. The van der Waals surface area contributed by atoms with Gasteiger partial charge in [-0.05, 0) is 28.5 Å². The fourth-order valence-electron chi connectivity index (χ4n) is 3.72. The number of fused-ring (bicyclic) bond motifs is 2. The normalized spacial score (nSPS) is 15.0. The van der Waals surface area contributed by atoms with Crippen molar-refractivity contribution in [3.63, 3.8) is 0 Å². The molecule has 0 radical (unpaired) electrons. The maximum atomic E-state index is 12.9. The molecule has 31 heavy (non-hydrogen) atoms. The first kappa shape index (κ1) is 20.4. The smallest absolute Gasteiger partial charge is 0.262 e. The van der Waals surface area contributed by atoms with Crippen LogP contribution in [0.25, 0.3) is 10.8 Å². The van der Waals surface area contributed by atoms with Gasteiger partial charge in [0, 0.05) is 7.05 Å². The number of amides is 3. The van der Waals surface area contributed by atoms with Crippen LogP contribution in [0, 0.1) is 0 Å². The molecule has 7 nitrogen and oxygen atoms in total. The Morgan fingerprint density at radius 2 is 1.74 bits per heavy atom. The van der Waals surface area contributed by atoms with Gasteiger partial charge in [0.1, 0.15) is 5.75 Å². The minimum Gasteiger partial charge on any atom is -0.477 e. The summed E-state index contributed by atoms with van der Waals surface area (Å²) < 4.78 is 5.72. The summed E-state index contributed by atoms with van der Waals surface area (Å²) in [6.45, 7) is -0.0902. The summed E-state index contributed by atoms with van der Waals surface area (Å²) in [4.78, 5) is 39.0. The van der Waals surface area contributed by atoms with E-state index in [1.165, 1.54) is 11.9 Å². The number of ether oxygens (including phenoxy) is 1. The van der Waals surface area contributed by atoms with Gasteiger partial charge in [0.25, 0.3) is 5.91 Å². The molecular weight excluding hydrogens is 394 g/mol. The SMILES string of the molecule is CNC(=O)[C@@H]1CN(C(=O)CNC(=O)Cc2cccc3ccccc23)c2ccccc2O1. The molecule has 3 aromatic carbocycles. The first-order valence-corrected chi connectivity index (χ1v) is 10.1. The second-order valence-electron chi connectivity index (χ2n) is 7.28. The van der Waals surface area contributed by atoms with Crippen LogP contribution in [0.5, 0.6) is 5.75 Å². The molecule has 2 N–H and O–H groups in total. The molecule has 1 atom stereocenters. The van der Waals surface area contributed by atoms with Crippen LogP contribution in [0.3, 0.4) is 0 Å². The summed E-state index contributed by atoms with van der Waals surface area (Å²) in [6.07, 6.45) is -0.634. The van der Waals surface area contributed by atoms with Gasteiger partial charge in [-0.15, -0.1) is 0 Å². The molecule has 0 aromatic heterocycles. The number of likely N-dealkylation sites (N-methyl/N-ethyl adjacent to an activating group) is 1. The van der Waals surface area contributed by atoms with Gasteiger partial charge in [-0.25, -0.2) is 0 Å². The molecule has 4 rings (SSSR count). The number of anilines is 1. The molecule has 1 aliphatic rings. The molecular formula is C24H23N3O4. The van der Waals surface area contributed by atoms with Crippen LogP contribution in [0.1, 0.15) is 5.56 Å². The number of para-hydroxylation sites is 2. The van der Waals surface area contributed by atoms with E-state index in [9.17, 15) is 14.4 Å². The van der Waals surface area contributed by atoms with E-state index in [0.717, 1.165) is 16.3 Å². The summed E-state index contributed by atoms with van der Waals surface area (Å²) in [5.74, 6) is -0.407.